The van der Waals surface area contributed by atoms with Crippen LogP contribution in [0.4, 0.5) is 5.82 Å². The van der Waals surface area contributed by atoms with Crippen molar-refractivity contribution in [3.63, 3.8) is 0 Å². The number of carbonyl (C=O) groups excluding carboxylic acids is 1. The number of aromatic nitrogens is 2. The summed E-state index contributed by atoms with van der Waals surface area (Å²) in [6, 6.07) is 13.1. The van der Waals surface area contributed by atoms with Gasteiger partial charge in [-0.25, -0.2) is 4.98 Å². The second-order valence-corrected chi connectivity index (χ2v) is 5.00. The quantitative estimate of drug-likeness (QED) is 0.780. The predicted molar refractivity (Wildman–Crippen MR) is 83.4 cm³/mol. The van der Waals surface area contributed by atoms with Gasteiger partial charge in [-0.05, 0) is 44.2 Å². The number of anilines is 1. The van der Waals surface area contributed by atoms with Gasteiger partial charge in [-0.1, -0.05) is 17.7 Å². The normalized spacial score (nSPS) is 10.6. The molecule has 1 N–H and O–H groups in total. The van der Waals surface area contributed by atoms with Crippen LogP contribution in [0.5, 0.6) is 0 Å². The van der Waals surface area contributed by atoms with E-state index in [0.29, 0.717) is 11.4 Å². The number of hydrogen-bond acceptors (Lipinski definition) is 3. The molecule has 1 amide bonds. The van der Waals surface area contributed by atoms with E-state index in [1.807, 2.05) is 44.2 Å². The SMILES string of the molecule is Cc1ccc2nc(C)cc(C(=O)Nc3ccccn3)c2c1. The van der Waals surface area contributed by atoms with Crippen molar-refractivity contribution in [1.29, 1.82) is 0 Å². The van der Waals surface area contributed by atoms with Crippen LogP contribution < -0.4 is 5.32 Å². The van der Waals surface area contributed by atoms with Crippen LogP contribution in [0.1, 0.15) is 21.6 Å². The lowest BCUT2D eigenvalue weighted by molar-refractivity contribution is 0.102. The van der Waals surface area contributed by atoms with E-state index in [9.17, 15) is 4.79 Å². The first-order valence-corrected chi connectivity index (χ1v) is 6.74. The van der Waals surface area contributed by atoms with E-state index in [1.165, 1.54) is 0 Å². The molecule has 3 aromatic rings. The predicted octanol–water partition coefficient (Wildman–Crippen LogP) is 3.50. The van der Waals surface area contributed by atoms with Gasteiger partial charge in [0.25, 0.3) is 5.91 Å². The minimum absolute atomic E-state index is 0.171. The molecule has 0 aliphatic heterocycles. The van der Waals surface area contributed by atoms with Crippen LogP contribution in [0.15, 0.2) is 48.7 Å². The van der Waals surface area contributed by atoms with E-state index >= 15 is 0 Å². The fourth-order valence-corrected chi connectivity index (χ4v) is 2.28. The smallest absolute Gasteiger partial charge is 0.257 e. The molecule has 0 radical (unpaired) electrons. The number of nitrogens with zero attached hydrogens (tertiary/aromatic N) is 2. The summed E-state index contributed by atoms with van der Waals surface area (Å²) in [6.45, 7) is 3.89. The number of fused-ring (bicyclic) bond motifs is 1. The van der Waals surface area contributed by atoms with Gasteiger partial charge in [-0.3, -0.25) is 9.78 Å². The standard InChI is InChI=1S/C17H15N3O/c1-11-6-7-15-13(9-11)14(10-12(2)19-15)17(21)20-16-5-3-4-8-18-16/h3-10H,1-2H3,(H,18,20,21). The third-order valence-electron chi connectivity index (χ3n) is 3.24. The molecule has 0 saturated carbocycles. The monoisotopic (exact) mass is 277 g/mol. The van der Waals surface area contributed by atoms with Crippen molar-refractivity contribution < 1.29 is 4.79 Å². The van der Waals surface area contributed by atoms with Gasteiger partial charge in [-0.2, -0.15) is 0 Å². The summed E-state index contributed by atoms with van der Waals surface area (Å²) in [5.74, 6) is 0.368. The molecule has 0 saturated heterocycles. The molecule has 0 bridgehead atoms. The van der Waals surface area contributed by atoms with E-state index in [-0.39, 0.29) is 5.91 Å². The van der Waals surface area contributed by atoms with Crippen LogP contribution in [0.3, 0.4) is 0 Å². The maximum atomic E-state index is 12.5. The van der Waals surface area contributed by atoms with Crippen molar-refractivity contribution in [2.75, 3.05) is 5.32 Å². The molecular weight excluding hydrogens is 262 g/mol. The summed E-state index contributed by atoms with van der Waals surface area (Å²) >= 11 is 0. The third-order valence-corrected chi connectivity index (χ3v) is 3.24. The van der Waals surface area contributed by atoms with E-state index in [0.717, 1.165) is 22.2 Å². The third kappa shape index (κ3) is 2.74. The highest BCUT2D eigenvalue weighted by Crippen LogP contribution is 2.21. The Hall–Kier alpha value is -2.75. The van der Waals surface area contributed by atoms with Crippen molar-refractivity contribution in [2.24, 2.45) is 0 Å². The van der Waals surface area contributed by atoms with Gasteiger partial charge in [-0.15, -0.1) is 0 Å². The summed E-state index contributed by atoms with van der Waals surface area (Å²) in [7, 11) is 0. The molecule has 0 aliphatic rings. The van der Waals surface area contributed by atoms with E-state index < -0.39 is 0 Å². The lowest BCUT2D eigenvalue weighted by atomic mass is 10.0. The Bertz CT molecular complexity index is 813. The second-order valence-electron chi connectivity index (χ2n) is 5.00. The minimum Gasteiger partial charge on any atom is -0.307 e. The van der Waals surface area contributed by atoms with Gasteiger partial charge in [0, 0.05) is 17.3 Å². The highest BCUT2D eigenvalue weighted by molar-refractivity contribution is 6.12. The largest absolute Gasteiger partial charge is 0.307 e. The number of pyridine rings is 2. The summed E-state index contributed by atoms with van der Waals surface area (Å²) in [5, 5.41) is 3.67. The lowest BCUT2D eigenvalue weighted by Crippen LogP contribution is -2.14. The van der Waals surface area contributed by atoms with Gasteiger partial charge in [0.1, 0.15) is 5.82 Å². The molecule has 4 nitrogen and oxygen atoms in total. The summed E-state index contributed by atoms with van der Waals surface area (Å²) in [6.07, 6.45) is 1.65. The van der Waals surface area contributed by atoms with Gasteiger partial charge in [0.2, 0.25) is 0 Å². The molecular formula is C17H15N3O. The number of amides is 1. The van der Waals surface area contributed by atoms with E-state index in [4.69, 9.17) is 0 Å². The molecule has 1 aromatic carbocycles. The average molecular weight is 277 g/mol. The van der Waals surface area contributed by atoms with Crippen molar-refractivity contribution in [3.05, 3.63) is 65.5 Å². The summed E-state index contributed by atoms with van der Waals surface area (Å²) < 4.78 is 0. The van der Waals surface area contributed by atoms with Gasteiger partial charge >= 0.3 is 0 Å². The van der Waals surface area contributed by atoms with Crippen molar-refractivity contribution in [1.82, 2.24) is 9.97 Å². The zero-order valence-corrected chi connectivity index (χ0v) is 11.9. The molecule has 3 rings (SSSR count). The highest BCUT2D eigenvalue weighted by atomic mass is 16.1. The molecule has 2 aromatic heterocycles. The minimum atomic E-state index is -0.171. The zero-order chi connectivity index (χ0) is 14.8. The molecule has 0 fully saturated rings. The maximum Gasteiger partial charge on any atom is 0.257 e. The summed E-state index contributed by atoms with van der Waals surface area (Å²) in [5.41, 5.74) is 3.36. The second kappa shape index (κ2) is 5.32. The number of carbonyl (C=O) groups is 1. The fraction of sp³-hybridized carbons (Fsp3) is 0.118. The van der Waals surface area contributed by atoms with Crippen LogP contribution in [0, 0.1) is 13.8 Å². The Labute approximate surface area is 122 Å². The van der Waals surface area contributed by atoms with Crippen molar-refractivity contribution in [3.8, 4) is 0 Å². The molecule has 0 atom stereocenters. The van der Waals surface area contributed by atoms with Crippen LogP contribution in [-0.2, 0) is 0 Å². The lowest BCUT2D eigenvalue weighted by Gasteiger charge is -2.09. The van der Waals surface area contributed by atoms with E-state index in [1.54, 1.807) is 18.3 Å². The number of hydrogen-bond donors (Lipinski definition) is 1. The van der Waals surface area contributed by atoms with Crippen LogP contribution in [-0.4, -0.2) is 15.9 Å². The molecule has 0 unspecified atom stereocenters. The Balaban J connectivity index is 2.06. The average Bonchev–Trinajstić information content (AvgIpc) is 2.48. The number of rotatable bonds is 2. The van der Waals surface area contributed by atoms with E-state index in [2.05, 4.69) is 15.3 Å². The van der Waals surface area contributed by atoms with Gasteiger partial charge in [0.15, 0.2) is 0 Å². The first-order chi connectivity index (χ1) is 10.1. The molecule has 21 heavy (non-hydrogen) atoms. The zero-order valence-electron chi connectivity index (χ0n) is 11.9. The van der Waals surface area contributed by atoms with Crippen LogP contribution in [0.2, 0.25) is 0 Å². The number of nitrogens with one attached hydrogen (secondary N) is 1. The molecule has 104 valence electrons. The Morgan fingerprint density at radius 1 is 1.10 bits per heavy atom. The van der Waals surface area contributed by atoms with Gasteiger partial charge in [0.05, 0.1) is 11.1 Å². The first-order valence-electron chi connectivity index (χ1n) is 6.74. The maximum absolute atomic E-state index is 12.5. The number of benzene rings is 1. The van der Waals surface area contributed by atoms with Crippen molar-refractivity contribution in [2.45, 2.75) is 13.8 Å². The Kier molecular flexibility index (Phi) is 3.36. The first kappa shape index (κ1) is 13.2. The Morgan fingerprint density at radius 3 is 2.71 bits per heavy atom. The molecule has 0 aliphatic carbocycles. The van der Waals surface area contributed by atoms with Crippen molar-refractivity contribution >= 4 is 22.6 Å². The summed E-state index contributed by atoms with van der Waals surface area (Å²) in [4.78, 5) is 21.1. The van der Waals surface area contributed by atoms with Crippen LogP contribution in [0.25, 0.3) is 10.9 Å². The number of aryl methyl sites for hydroxylation is 2. The molecule has 4 heteroatoms. The highest BCUT2D eigenvalue weighted by Gasteiger charge is 2.12. The van der Waals surface area contributed by atoms with Gasteiger partial charge < -0.3 is 5.32 Å². The topological polar surface area (TPSA) is 54.9 Å². The van der Waals surface area contributed by atoms with Crippen LogP contribution >= 0.6 is 0 Å². The Morgan fingerprint density at radius 2 is 1.95 bits per heavy atom. The molecule has 0 spiro atoms. The fourth-order valence-electron chi connectivity index (χ4n) is 2.28. The molecule has 2 heterocycles.